The third kappa shape index (κ3) is 4.00. The van der Waals surface area contributed by atoms with E-state index in [1.54, 1.807) is 6.20 Å². The minimum atomic E-state index is 0.158. The molecule has 1 aromatic rings. The number of rotatable bonds is 6. The van der Waals surface area contributed by atoms with Crippen LogP contribution in [0.2, 0.25) is 0 Å². The van der Waals surface area contributed by atoms with E-state index in [-0.39, 0.29) is 5.91 Å². The highest BCUT2D eigenvalue weighted by Gasteiger charge is 2.34. The second kappa shape index (κ2) is 7.68. The number of hydrogen-bond acceptors (Lipinski definition) is 3. The molecule has 1 saturated heterocycles. The molecule has 1 N–H and O–H groups in total. The first kappa shape index (κ1) is 17.5. The van der Waals surface area contributed by atoms with E-state index in [1.807, 2.05) is 0 Å². The van der Waals surface area contributed by atoms with Gasteiger partial charge in [-0.1, -0.05) is 27.2 Å². The number of nitrogens with zero attached hydrogens (tertiary/aromatic N) is 3. The molecule has 1 aliphatic carbocycles. The zero-order chi connectivity index (χ0) is 17.1. The van der Waals surface area contributed by atoms with Gasteiger partial charge in [0.1, 0.15) is 0 Å². The van der Waals surface area contributed by atoms with Crippen molar-refractivity contribution in [3.63, 3.8) is 0 Å². The van der Waals surface area contributed by atoms with Crippen molar-refractivity contribution in [2.75, 3.05) is 26.2 Å². The topological polar surface area (TPSA) is 52.2 Å². The minimum Gasteiger partial charge on any atom is -0.337 e. The van der Waals surface area contributed by atoms with E-state index in [1.165, 1.54) is 19.4 Å². The third-order valence-corrected chi connectivity index (χ3v) is 5.44. The molecular formula is C19H32N4O. The summed E-state index contributed by atoms with van der Waals surface area (Å²) in [7, 11) is 0. The van der Waals surface area contributed by atoms with Crippen LogP contribution in [-0.2, 0) is 6.42 Å². The van der Waals surface area contributed by atoms with Crippen LogP contribution in [0.1, 0.15) is 62.5 Å². The van der Waals surface area contributed by atoms with Gasteiger partial charge in [0.15, 0.2) is 0 Å². The summed E-state index contributed by atoms with van der Waals surface area (Å²) in [5.41, 5.74) is 1.76. The lowest BCUT2D eigenvalue weighted by atomic mass is 10.0. The first-order valence-corrected chi connectivity index (χ1v) is 9.65. The van der Waals surface area contributed by atoms with Crippen LogP contribution in [0, 0.1) is 11.8 Å². The maximum Gasteiger partial charge on any atom is 0.257 e. The Morgan fingerprint density at radius 1 is 1.38 bits per heavy atom. The molecule has 1 unspecified atom stereocenters. The Labute approximate surface area is 145 Å². The highest BCUT2D eigenvalue weighted by molar-refractivity contribution is 5.95. The highest BCUT2D eigenvalue weighted by atomic mass is 16.2. The van der Waals surface area contributed by atoms with Crippen molar-refractivity contribution in [2.24, 2.45) is 11.8 Å². The van der Waals surface area contributed by atoms with E-state index < -0.39 is 0 Å². The average Bonchev–Trinajstić information content (AvgIpc) is 3.29. The summed E-state index contributed by atoms with van der Waals surface area (Å²) in [5.74, 6) is 1.63. The number of amides is 1. The lowest BCUT2D eigenvalue weighted by Gasteiger charge is -2.34. The van der Waals surface area contributed by atoms with Crippen molar-refractivity contribution < 1.29 is 4.79 Å². The average molecular weight is 332 g/mol. The van der Waals surface area contributed by atoms with Gasteiger partial charge >= 0.3 is 0 Å². The third-order valence-electron chi connectivity index (χ3n) is 5.44. The largest absolute Gasteiger partial charge is 0.337 e. The maximum absolute atomic E-state index is 13.1. The van der Waals surface area contributed by atoms with E-state index in [0.717, 1.165) is 56.1 Å². The molecule has 5 nitrogen and oxygen atoms in total. The fraction of sp³-hybridized carbons (Fsp3) is 0.789. The summed E-state index contributed by atoms with van der Waals surface area (Å²) in [6.45, 7) is 10.8. The van der Waals surface area contributed by atoms with E-state index in [9.17, 15) is 4.79 Å². The fourth-order valence-corrected chi connectivity index (χ4v) is 3.85. The van der Waals surface area contributed by atoms with Gasteiger partial charge in [0.05, 0.1) is 11.8 Å². The monoisotopic (exact) mass is 332 g/mol. The molecular weight excluding hydrogens is 300 g/mol. The SMILES string of the molecule is CCCc1[nH]ncc1C(=O)N1CCCN(CC2CC2)C(C(C)C)C1. The summed E-state index contributed by atoms with van der Waals surface area (Å²) in [6, 6.07) is 0.471. The molecule has 24 heavy (non-hydrogen) atoms. The first-order valence-electron chi connectivity index (χ1n) is 9.65. The van der Waals surface area contributed by atoms with Crippen molar-refractivity contribution in [2.45, 2.75) is 58.9 Å². The molecule has 1 aromatic heterocycles. The van der Waals surface area contributed by atoms with Crippen molar-refractivity contribution in [3.8, 4) is 0 Å². The normalized spacial score (nSPS) is 22.8. The second-order valence-corrected chi connectivity index (χ2v) is 7.87. The van der Waals surface area contributed by atoms with Gasteiger partial charge in [-0.3, -0.25) is 14.8 Å². The van der Waals surface area contributed by atoms with E-state index in [0.29, 0.717) is 12.0 Å². The first-order chi connectivity index (χ1) is 11.6. The summed E-state index contributed by atoms with van der Waals surface area (Å²) < 4.78 is 0. The van der Waals surface area contributed by atoms with Gasteiger partial charge < -0.3 is 4.90 Å². The molecule has 1 saturated carbocycles. The molecule has 0 aromatic carbocycles. The quantitative estimate of drug-likeness (QED) is 0.871. The fourth-order valence-electron chi connectivity index (χ4n) is 3.85. The van der Waals surface area contributed by atoms with Gasteiger partial charge in [-0.25, -0.2) is 0 Å². The van der Waals surface area contributed by atoms with Crippen LogP contribution in [0.25, 0.3) is 0 Å². The van der Waals surface area contributed by atoms with Crippen LogP contribution in [0.4, 0.5) is 0 Å². The molecule has 2 heterocycles. The lowest BCUT2D eigenvalue weighted by Crippen LogP contribution is -2.46. The molecule has 1 atom stereocenters. The molecule has 0 bridgehead atoms. The Morgan fingerprint density at radius 2 is 2.17 bits per heavy atom. The molecule has 3 rings (SSSR count). The van der Waals surface area contributed by atoms with Gasteiger partial charge in [-0.15, -0.1) is 0 Å². The van der Waals surface area contributed by atoms with Crippen LogP contribution in [0.15, 0.2) is 6.20 Å². The number of carbonyl (C=O) groups is 1. The number of aromatic nitrogens is 2. The predicted octanol–water partition coefficient (Wildman–Crippen LogP) is 2.94. The summed E-state index contributed by atoms with van der Waals surface area (Å²) >= 11 is 0. The van der Waals surface area contributed by atoms with Crippen molar-refractivity contribution in [3.05, 3.63) is 17.5 Å². The molecule has 2 fully saturated rings. The Balaban J connectivity index is 1.72. The van der Waals surface area contributed by atoms with E-state index >= 15 is 0 Å². The predicted molar refractivity (Wildman–Crippen MR) is 96.0 cm³/mol. The Bertz CT molecular complexity index is 549. The molecule has 0 radical (unpaired) electrons. The van der Waals surface area contributed by atoms with Crippen molar-refractivity contribution >= 4 is 5.91 Å². The smallest absolute Gasteiger partial charge is 0.257 e. The number of nitrogens with one attached hydrogen (secondary N) is 1. The number of carbonyl (C=O) groups excluding carboxylic acids is 1. The standard InChI is InChI=1S/C19H32N4O/c1-4-6-17-16(11-20-21-17)19(24)23-10-5-9-22(12-15-7-8-15)18(13-23)14(2)3/h11,14-15,18H,4-10,12-13H2,1-3H3,(H,20,21). The molecule has 0 spiro atoms. The molecule has 5 heteroatoms. The van der Waals surface area contributed by atoms with Gasteiger partial charge in [0.25, 0.3) is 5.91 Å². The maximum atomic E-state index is 13.1. The Hall–Kier alpha value is -1.36. The number of hydrogen-bond donors (Lipinski definition) is 1. The Morgan fingerprint density at radius 3 is 2.83 bits per heavy atom. The second-order valence-electron chi connectivity index (χ2n) is 7.87. The zero-order valence-electron chi connectivity index (χ0n) is 15.4. The minimum absolute atomic E-state index is 0.158. The molecule has 134 valence electrons. The van der Waals surface area contributed by atoms with E-state index in [2.05, 4.69) is 40.8 Å². The van der Waals surface area contributed by atoms with E-state index in [4.69, 9.17) is 0 Å². The number of H-pyrrole nitrogens is 1. The van der Waals surface area contributed by atoms with Gasteiger partial charge in [0.2, 0.25) is 0 Å². The van der Waals surface area contributed by atoms with Crippen LogP contribution in [0.5, 0.6) is 0 Å². The Kier molecular flexibility index (Phi) is 5.59. The highest BCUT2D eigenvalue weighted by Crippen LogP contribution is 2.32. The summed E-state index contributed by atoms with van der Waals surface area (Å²) in [5, 5.41) is 7.13. The summed E-state index contributed by atoms with van der Waals surface area (Å²) in [6.07, 6.45) is 7.47. The van der Waals surface area contributed by atoms with Crippen LogP contribution >= 0.6 is 0 Å². The van der Waals surface area contributed by atoms with Crippen molar-refractivity contribution in [1.82, 2.24) is 20.0 Å². The van der Waals surface area contributed by atoms with Crippen LogP contribution in [-0.4, -0.2) is 58.1 Å². The van der Waals surface area contributed by atoms with Gasteiger partial charge in [-0.05, 0) is 37.5 Å². The number of aryl methyl sites for hydroxylation is 1. The van der Waals surface area contributed by atoms with Gasteiger partial charge in [-0.2, -0.15) is 5.10 Å². The number of aromatic amines is 1. The lowest BCUT2D eigenvalue weighted by molar-refractivity contribution is 0.0703. The van der Waals surface area contributed by atoms with Crippen LogP contribution < -0.4 is 0 Å². The van der Waals surface area contributed by atoms with Crippen LogP contribution in [0.3, 0.4) is 0 Å². The van der Waals surface area contributed by atoms with Crippen molar-refractivity contribution in [1.29, 1.82) is 0 Å². The molecule has 1 aliphatic heterocycles. The molecule has 1 amide bonds. The molecule has 2 aliphatic rings. The summed E-state index contributed by atoms with van der Waals surface area (Å²) in [4.78, 5) is 17.8. The zero-order valence-corrected chi connectivity index (χ0v) is 15.4. The van der Waals surface area contributed by atoms with Gasteiger partial charge in [0, 0.05) is 37.9 Å².